The summed E-state index contributed by atoms with van der Waals surface area (Å²) in [6.07, 6.45) is 2.20. The van der Waals surface area contributed by atoms with Gasteiger partial charge in [0.2, 0.25) is 0 Å². The molecule has 1 fully saturated rings. The van der Waals surface area contributed by atoms with Gasteiger partial charge in [0, 0.05) is 20.3 Å². The van der Waals surface area contributed by atoms with E-state index in [1.54, 1.807) is 31.4 Å². The summed E-state index contributed by atoms with van der Waals surface area (Å²) < 4.78 is 20.1. The average Bonchev–Trinajstić information content (AvgIpc) is 2.93. The lowest BCUT2D eigenvalue weighted by atomic mass is 10.2. The molecule has 9 heteroatoms. The Bertz CT molecular complexity index is 747. The first-order valence-corrected chi connectivity index (χ1v) is 8.93. The molecular formula is C18H21NO7S. The number of amides is 2. The molecule has 0 radical (unpaired) electrons. The van der Waals surface area contributed by atoms with Gasteiger partial charge in [-0.1, -0.05) is 6.07 Å². The Morgan fingerprint density at radius 2 is 1.96 bits per heavy atom. The second-order valence-corrected chi connectivity index (χ2v) is 6.45. The first-order chi connectivity index (χ1) is 13.0. The van der Waals surface area contributed by atoms with Crippen molar-refractivity contribution in [3.05, 3.63) is 28.7 Å². The number of esters is 1. The molecule has 1 aromatic carbocycles. The lowest BCUT2D eigenvalue weighted by molar-refractivity contribution is -0.142. The summed E-state index contributed by atoms with van der Waals surface area (Å²) in [7, 11) is 4.31. The topological polar surface area (TPSA) is 91.4 Å². The summed E-state index contributed by atoms with van der Waals surface area (Å²) in [5.41, 5.74) is 0.666. The monoisotopic (exact) mass is 395 g/mol. The lowest BCUT2D eigenvalue weighted by Crippen LogP contribution is -2.29. The summed E-state index contributed by atoms with van der Waals surface area (Å²) in [5, 5.41) is -0.299. The zero-order chi connectivity index (χ0) is 19.8. The molecule has 0 saturated carbocycles. The van der Waals surface area contributed by atoms with Gasteiger partial charge in [-0.2, -0.15) is 0 Å². The Morgan fingerprint density at radius 1 is 1.19 bits per heavy atom. The number of benzene rings is 1. The molecule has 1 aromatic rings. The van der Waals surface area contributed by atoms with Crippen LogP contribution in [0.5, 0.6) is 11.5 Å². The first-order valence-electron chi connectivity index (χ1n) is 8.12. The highest BCUT2D eigenvalue weighted by molar-refractivity contribution is 8.18. The first kappa shape index (κ1) is 20.8. The standard InChI is InChI=1S/C18H21NO7S/c1-23-8-4-7-19-17(21)15(27-18(19)22)10-12-5-6-13(14(9-12)24-2)26-11-16(20)25-3/h5-6,9-10H,4,7-8,11H2,1-3H3/b15-10+. The molecule has 27 heavy (non-hydrogen) atoms. The minimum atomic E-state index is -0.511. The van der Waals surface area contributed by atoms with Gasteiger partial charge in [0.05, 0.1) is 19.1 Å². The van der Waals surface area contributed by atoms with Gasteiger partial charge in [-0.3, -0.25) is 14.5 Å². The molecular weight excluding hydrogens is 374 g/mol. The van der Waals surface area contributed by atoms with Crippen molar-refractivity contribution in [3.63, 3.8) is 0 Å². The van der Waals surface area contributed by atoms with E-state index in [0.717, 1.165) is 11.8 Å². The van der Waals surface area contributed by atoms with Crippen LogP contribution in [0.4, 0.5) is 4.79 Å². The minimum absolute atomic E-state index is 0.243. The van der Waals surface area contributed by atoms with E-state index in [0.29, 0.717) is 41.5 Å². The highest BCUT2D eigenvalue weighted by atomic mass is 32.2. The van der Waals surface area contributed by atoms with Gasteiger partial charge in [-0.25, -0.2) is 4.79 Å². The number of imide groups is 1. The summed E-state index contributed by atoms with van der Waals surface area (Å²) in [5.74, 6) is -0.0749. The number of ether oxygens (including phenoxy) is 4. The molecule has 0 spiro atoms. The summed E-state index contributed by atoms with van der Waals surface area (Å²) in [4.78, 5) is 37.2. The van der Waals surface area contributed by atoms with Crippen LogP contribution in [-0.2, 0) is 19.1 Å². The van der Waals surface area contributed by atoms with Gasteiger partial charge in [0.15, 0.2) is 18.1 Å². The maximum Gasteiger partial charge on any atom is 0.343 e. The number of rotatable bonds is 9. The van der Waals surface area contributed by atoms with Crippen LogP contribution < -0.4 is 9.47 Å². The van der Waals surface area contributed by atoms with Gasteiger partial charge in [-0.15, -0.1) is 0 Å². The Morgan fingerprint density at radius 3 is 2.63 bits per heavy atom. The van der Waals surface area contributed by atoms with Crippen LogP contribution in [-0.4, -0.2) is 63.1 Å². The molecule has 1 aliphatic rings. The third-order valence-electron chi connectivity index (χ3n) is 3.66. The van der Waals surface area contributed by atoms with Gasteiger partial charge in [-0.05, 0) is 42.0 Å². The predicted octanol–water partition coefficient (Wildman–Crippen LogP) is 2.32. The summed E-state index contributed by atoms with van der Waals surface area (Å²) in [6.45, 7) is 0.553. The Hall–Kier alpha value is -2.52. The average molecular weight is 395 g/mol. The van der Waals surface area contributed by atoms with E-state index < -0.39 is 5.97 Å². The lowest BCUT2D eigenvalue weighted by Gasteiger charge is -2.11. The third-order valence-corrected chi connectivity index (χ3v) is 4.57. The van der Waals surface area contributed by atoms with Crippen molar-refractivity contribution in [2.45, 2.75) is 6.42 Å². The largest absolute Gasteiger partial charge is 0.493 e. The number of thioether (sulfide) groups is 1. The molecule has 0 N–H and O–H groups in total. The van der Waals surface area contributed by atoms with Gasteiger partial charge in [0.1, 0.15) is 0 Å². The highest BCUT2D eigenvalue weighted by Gasteiger charge is 2.34. The van der Waals surface area contributed by atoms with Crippen LogP contribution in [0.1, 0.15) is 12.0 Å². The van der Waals surface area contributed by atoms with E-state index in [1.165, 1.54) is 19.1 Å². The molecule has 1 saturated heterocycles. The fourth-order valence-electron chi connectivity index (χ4n) is 2.30. The van der Waals surface area contributed by atoms with Crippen LogP contribution in [0.25, 0.3) is 6.08 Å². The van der Waals surface area contributed by atoms with Crippen LogP contribution in [0, 0.1) is 0 Å². The quantitative estimate of drug-likeness (QED) is 0.357. The Labute approximate surface area is 161 Å². The van der Waals surface area contributed by atoms with Crippen LogP contribution >= 0.6 is 11.8 Å². The number of carbonyl (C=O) groups is 3. The third kappa shape index (κ3) is 5.48. The number of hydrogen-bond donors (Lipinski definition) is 0. The van der Waals surface area contributed by atoms with Crippen molar-refractivity contribution < 1.29 is 33.3 Å². The number of methoxy groups -OCH3 is 3. The number of nitrogens with zero attached hydrogens (tertiary/aromatic N) is 1. The van der Waals surface area contributed by atoms with Crippen molar-refractivity contribution in [2.75, 3.05) is 41.1 Å². The van der Waals surface area contributed by atoms with E-state index in [9.17, 15) is 14.4 Å². The highest BCUT2D eigenvalue weighted by Crippen LogP contribution is 2.34. The second-order valence-electron chi connectivity index (χ2n) is 5.45. The van der Waals surface area contributed by atoms with Crippen molar-refractivity contribution in [2.24, 2.45) is 0 Å². The smallest absolute Gasteiger partial charge is 0.343 e. The summed E-state index contributed by atoms with van der Waals surface area (Å²) >= 11 is 0.894. The van der Waals surface area contributed by atoms with Crippen LogP contribution in [0.3, 0.4) is 0 Å². The van der Waals surface area contributed by atoms with Crippen molar-refractivity contribution >= 4 is 35.0 Å². The molecule has 0 bridgehead atoms. The summed E-state index contributed by atoms with van der Waals surface area (Å²) in [6, 6.07) is 4.98. The van der Waals surface area contributed by atoms with Gasteiger partial charge < -0.3 is 18.9 Å². The molecule has 0 aliphatic carbocycles. The van der Waals surface area contributed by atoms with Crippen molar-refractivity contribution in [1.29, 1.82) is 0 Å². The molecule has 1 heterocycles. The number of hydrogen-bond acceptors (Lipinski definition) is 8. The fourth-order valence-corrected chi connectivity index (χ4v) is 3.16. The van der Waals surface area contributed by atoms with Crippen LogP contribution in [0.2, 0.25) is 0 Å². The molecule has 0 atom stereocenters. The van der Waals surface area contributed by atoms with Gasteiger partial charge in [0.25, 0.3) is 11.1 Å². The van der Waals surface area contributed by atoms with E-state index in [4.69, 9.17) is 14.2 Å². The molecule has 8 nitrogen and oxygen atoms in total. The van der Waals surface area contributed by atoms with E-state index in [1.807, 2.05) is 0 Å². The van der Waals surface area contributed by atoms with Crippen LogP contribution in [0.15, 0.2) is 23.1 Å². The fraction of sp³-hybridized carbons (Fsp3) is 0.389. The molecule has 1 aliphatic heterocycles. The molecule has 2 rings (SSSR count). The van der Waals surface area contributed by atoms with E-state index in [-0.39, 0.29) is 17.8 Å². The molecule has 2 amide bonds. The van der Waals surface area contributed by atoms with Gasteiger partial charge >= 0.3 is 5.97 Å². The molecule has 146 valence electrons. The van der Waals surface area contributed by atoms with Crippen molar-refractivity contribution in [1.82, 2.24) is 4.90 Å². The number of carbonyl (C=O) groups excluding carboxylic acids is 3. The minimum Gasteiger partial charge on any atom is -0.493 e. The zero-order valence-electron chi connectivity index (χ0n) is 15.4. The van der Waals surface area contributed by atoms with E-state index >= 15 is 0 Å². The predicted molar refractivity (Wildman–Crippen MR) is 99.7 cm³/mol. The maximum absolute atomic E-state index is 12.4. The Kier molecular flexibility index (Phi) is 7.68. The second kappa shape index (κ2) is 9.98. The Balaban J connectivity index is 2.12. The SMILES string of the molecule is COCCCN1C(=O)S/C(=C/c2ccc(OCC(=O)OC)c(OC)c2)C1=O. The van der Waals surface area contributed by atoms with E-state index in [2.05, 4.69) is 4.74 Å². The zero-order valence-corrected chi connectivity index (χ0v) is 16.2. The molecule has 0 aromatic heterocycles. The normalized spacial score (nSPS) is 15.4. The van der Waals surface area contributed by atoms with Crippen molar-refractivity contribution in [3.8, 4) is 11.5 Å². The molecule has 0 unspecified atom stereocenters. The maximum atomic E-state index is 12.4.